The molecule has 18 heteroatoms. The Labute approximate surface area is 444 Å². The molecule has 394 valence electrons. The summed E-state index contributed by atoms with van der Waals surface area (Å²) in [6.07, 6.45) is 3.09. The van der Waals surface area contributed by atoms with Gasteiger partial charge < -0.3 is 34.8 Å². The first-order valence-corrected chi connectivity index (χ1v) is 25.8. The van der Waals surface area contributed by atoms with Crippen molar-refractivity contribution in [2.45, 2.75) is 12.8 Å². The van der Waals surface area contributed by atoms with Crippen LogP contribution >= 0.6 is 0 Å². The predicted octanol–water partition coefficient (Wildman–Crippen LogP) is 5.53. The van der Waals surface area contributed by atoms with E-state index in [1.54, 1.807) is 84.9 Å². The van der Waals surface area contributed by atoms with Crippen LogP contribution in [0.25, 0.3) is 32.3 Å². The lowest BCUT2D eigenvalue weighted by atomic mass is 9.92. The molecule has 0 radical (unpaired) electrons. The summed E-state index contributed by atoms with van der Waals surface area (Å²) >= 11 is 0. The molecule has 1 saturated heterocycles. The Bertz CT molecular complexity index is 3240. The summed E-state index contributed by atoms with van der Waals surface area (Å²) in [5, 5.41) is 9.36. The zero-order valence-corrected chi connectivity index (χ0v) is 42.8. The van der Waals surface area contributed by atoms with E-state index in [4.69, 9.17) is 9.47 Å². The van der Waals surface area contributed by atoms with Crippen molar-refractivity contribution in [2.75, 3.05) is 104 Å². The molecule has 8 amide bonds. The van der Waals surface area contributed by atoms with Crippen molar-refractivity contribution in [3.8, 4) is 11.5 Å². The number of nitrogens with zero attached hydrogens (tertiary/aromatic N) is 6. The van der Waals surface area contributed by atoms with E-state index in [0.717, 1.165) is 47.1 Å². The summed E-state index contributed by atoms with van der Waals surface area (Å²) in [5.41, 5.74) is 3.17. The van der Waals surface area contributed by atoms with E-state index in [0.29, 0.717) is 71.8 Å². The normalized spacial score (nSPS) is 15.3. The van der Waals surface area contributed by atoms with Gasteiger partial charge in [0.1, 0.15) is 24.7 Å². The number of piperazine rings is 1. The predicted molar refractivity (Wildman–Crippen MR) is 291 cm³/mol. The number of likely N-dealkylation sites (N-methyl/N-ethyl adjacent to an activating group) is 1. The number of carbonyl (C=O) groups excluding carboxylic acids is 8. The minimum atomic E-state index is -0.495. The highest BCUT2D eigenvalue weighted by atomic mass is 16.5. The maximum atomic E-state index is 14.2. The lowest BCUT2D eigenvalue weighted by Crippen LogP contribution is -2.47. The smallest absolute Gasteiger partial charge is 0.261 e. The second-order valence-corrected chi connectivity index (χ2v) is 19.4. The summed E-state index contributed by atoms with van der Waals surface area (Å²) < 4.78 is 11.6. The number of ether oxygens (including phenoxy) is 2. The van der Waals surface area contributed by atoms with Crippen LogP contribution in [0.3, 0.4) is 0 Å². The van der Waals surface area contributed by atoms with Gasteiger partial charge in [0.2, 0.25) is 11.8 Å². The van der Waals surface area contributed by atoms with Gasteiger partial charge in [-0.25, -0.2) is 0 Å². The summed E-state index contributed by atoms with van der Waals surface area (Å²) in [6.45, 7) is 11.3. The fourth-order valence-electron chi connectivity index (χ4n) is 10.7. The number of carbonyl (C=O) groups is 8. The van der Waals surface area contributed by atoms with Gasteiger partial charge in [0, 0.05) is 163 Å². The van der Waals surface area contributed by atoms with Crippen LogP contribution in [-0.2, 0) is 9.59 Å². The third kappa shape index (κ3) is 10.00. The van der Waals surface area contributed by atoms with Gasteiger partial charge in [-0.15, -0.1) is 0 Å². The summed E-state index contributed by atoms with van der Waals surface area (Å²) in [6, 6.07) is 26.2. The third-order valence-corrected chi connectivity index (χ3v) is 14.7. The van der Waals surface area contributed by atoms with Crippen LogP contribution in [0, 0.1) is 0 Å². The average Bonchev–Trinajstić information content (AvgIpc) is 3.52. The molecule has 6 aromatic carbocycles. The fourth-order valence-corrected chi connectivity index (χ4v) is 10.7. The summed E-state index contributed by atoms with van der Waals surface area (Å²) in [4.78, 5) is 120. The van der Waals surface area contributed by atoms with Gasteiger partial charge in [-0.3, -0.25) is 53.1 Å². The van der Waals surface area contributed by atoms with Gasteiger partial charge in [0.25, 0.3) is 35.4 Å². The molecule has 2 N–H and O–H groups in total. The molecule has 6 aromatic rings. The molecule has 4 heterocycles. The van der Waals surface area contributed by atoms with Crippen LogP contribution in [0.5, 0.6) is 11.5 Å². The van der Waals surface area contributed by atoms with Gasteiger partial charge >= 0.3 is 0 Å². The number of rotatable bonds is 22. The van der Waals surface area contributed by atoms with Crippen molar-refractivity contribution in [1.29, 1.82) is 0 Å². The molecule has 0 aromatic heterocycles. The SMILES string of the molecule is C=CCOc1ccc2c3c(cccc13)C(=O)N(CCNC(=O)CCN(CCC(=O)NCCN1C(=O)c3cccc4c(OCC=C)ccc(c34)C1=O)CCN1C(=O)c3cccc4c(N5CCN(C)CC5)ccc(c34)C1=O)C2=O. The zero-order chi connectivity index (χ0) is 53.9. The van der Waals surface area contributed by atoms with Gasteiger partial charge in [-0.1, -0.05) is 61.7 Å². The van der Waals surface area contributed by atoms with E-state index in [-0.39, 0.29) is 78.4 Å². The highest BCUT2D eigenvalue weighted by Crippen LogP contribution is 2.39. The number of benzene rings is 6. The molecule has 18 nitrogen and oxygen atoms in total. The second kappa shape index (κ2) is 22.2. The number of nitrogens with one attached hydrogen (secondary N) is 2. The number of hydrogen-bond donors (Lipinski definition) is 2. The Hall–Kier alpha value is -8.74. The van der Waals surface area contributed by atoms with Crippen molar-refractivity contribution in [2.24, 2.45) is 0 Å². The monoisotopic (exact) mass is 1040 g/mol. The zero-order valence-electron chi connectivity index (χ0n) is 42.8. The van der Waals surface area contributed by atoms with Crippen LogP contribution in [0.2, 0.25) is 0 Å². The molecular formula is C59H58N8O10. The van der Waals surface area contributed by atoms with Crippen molar-refractivity contribution in [3.05, 3.63) is 150 Å². The van der Waals surface area contributed by atoms with Crippen molar-refractivity contribution >= 4 is 85.3 Å². The molecule has 10 rings (SSSR count). The fraction of sp³-hybridized carbons (Fsp3) is 0.288. The first-order chi connectivity index (χ1) is 37.4. The minimum absolute atomic E-state index is 0.0310. The van der Waals surface area contributed by atoms with E-state index in [1.165, 1.54) is 4.90 Å². The number of hydrogen-bond acceptors (Lipinski definition) is 13. The summed E-state index contributed by atoms with van der Waals surface area (Å²) in [5.74, 6) is -2.60. The Morgan fingerprint density at radius 1 is 0.506 bits per heavy atom. The molecule has 0 aliphatic carbocycles. The van der Waals surface area contributed by atoms with E-state index in [2.05, 4.69) is 40.6 Å². The van der Waals surface area contributed by atoms with Crippen molar-refractivity contribution < 1.29 is 47.8 Å². The lowest BCUT2D eigenvalue weighted by molar-refractivity contribution is -0.121. The molecule has 0 bridgehead atoms. The average molecular weight is 1040 g/mol. The van der Waals surface area contributed by atoms with Gasteiger partial charge in [0.15, 0.2) is 0 Å². The number of imide groups is 3. The number of anilines is 1. The summed E-state index contributed by atoms with van der Waals surface area (Å²) in [7, 11) is 2.08. The molecule has 77 heavy (non-hydrogen) atoms. The highest BCUT2D eigenvalue weighted by Gasteiger charge is 2.37. The van der Waals surface area contributed by atoms with E-state index in [1.807, 2.05) is 23.1 Å². The number of amides is 8. The van der Waals surface area contributed by atoms with Gasteiger partial charge in [-0.05, 0) is 61.6 Å². The van der Waals surface area contributed by atoms with Crippen LogP contribution in [0.4, 0.5) is 5.69 Å². The van der Waals surface area contributed by atoms with Gasteiger partial charge in [0.05, 0.1) is 0 Å². The maximum absolute atomic E-state index is 14.2. The molecular weight excluding hydrogens is 981 g/mol. The van der Waals surface area contributed by atoms with Crippen molar-refractivity contribution in [3.63, 3.8) is 0 Å². The molecule has 1 fully saturated rings. The van der Waals surface area contributed by atoms with Crippen LogP contribution in [-0.4, -0.2) is 171 Å². The standard InChI is InChI=1S/C59H58N8O10/c1-4-35-76-47-19-16-44-52-38(47)10-7-13-41(52)54(70)65(57(44)73)27-23-60-49(68)21-25-63(31-34-67-56(72)40-12-6-9-37-46(64-32-29-62(3)30-33-64)18-15-43(51(37)40)59(67)75)26-22-50(69)61-24-28-66-55(71)42-14-8-11-39-48(77-36-5-2)20-17-45(53(39)42)58(66)74/h4-20H,1-2,21-36H2,3H3,(H,60,68)(H,61,69). The molecule has 0 unspecified atom stereocenters. The quantitative estimate of drug-likeness (QED) is 0.0637. The first kappa shape index (κ1) is 51.7. The second-order valence-electron chi connectivity index (χ2n) is 19.4. The van der Waals surface area contributed by atoms with Crippen LogP contribution < -0.4 is 25.0 Å². The topological polar surface area (TPSA) is 199 Å². The molecule has 0 spiro atoms. The van der Waals surface area contributed by atoms with E-state index in [9.17, 15) is 38.4 Å². The molecule has 0 saturated carbocycles. The first-order valence-electron chi connectivity index (χ1n) is 25.8. The lowest BCUT2D eigenvalue weighted by Gasteiger charge is -2.36. The highest BCUT2D eigenvalue weighted by molar-refractivity contribution is 6.28. The van der Waals surface area contributed by atoms with Crippen LogP contribution in [0.1, 0.15) is 75.0 Å². The molecule has 4 aliphatic heterocycles. The molecule has 0 atom stereocenters. The van der Waals surface area contributed by atoms with E-state index >= 15 is 0 Å². The Morgan fingerprint density at radius 2 is 0.896 bits per heavy atom. The van der Waals surface area contributed by atoms with Gasteiger partial charge in [-0.2, -0.15) is 0 Å². The van der Waals surface area contributed by atoms with Crippen LogP contribution in [0.15, 0.2) is 116 Å². The Balaban J connectivity index is 0.790. The Kier molecular flexibility index (Phi) is 14.9. The largest absolute Gasteiger partial charge is 0.489 e. The van der Waals surface area contributed by atoms with E-state index < -0.39 is 47.3 Å². The molecule has 4 aliphatic rings. The third-order valence-electron chi connectivity index (χ3n) is 14.7. The maximum Gasteiger partial charge on any atom is 0.261 e. The Morgan fingerprint density at radius 3 is 1.34 bits per heavy atom. The van der Waals surface area contributed by atoms with Crippen molar-refractivity contribution in [1.82, 2.24) is 35.1 Å². The minimum Gasteiger partial charge on any atom is -0.489 e.